The van der Waals surface area contributed by atoms with Gasteiger partial charge in [0.25, 0.3) is 5.91 Å². The van der Waals surface area contributed by atoms with Crippen LogP contribution in [0.15, 0.2) is 65.7 Å². The molecule has 3 aromatic rings. The van der Waals surface area contributed by atoms with Crippen molar-refractivity contribution in [1.82, 2.24) is 10.3 Å². The number of aromatic nitrogens is 1. The summed E-state index contributed by atoms with van der Waals surface area (Å²) in [5, 5.41) is 11.9. The van der Waals surface area contributed by atoms with Crippen molar-refractivity contribution in [1.29, 1.82) is 0 Å². The summed E-state index contributed by atoms with van der Waals surface area (Å²) >= 11 is 12.0. The lowest BCUT2D eigenvalue weighted by Gasteiger charge is -2.12. The van der Waals surface area contributed by atoms with Gasteiger partial charge in [-0.3, -0.25) is 4.79 Å². The summed E-state index contributed by atoms with van der Waals surface area (Å²) in [5.74, 6) is 0.0609. The fourth-order valence-corrected chi connectivity index (χ4v) is 3.75. The van der Waals surface area contributed by atoms with Crippen molar-refractivity contribution in [2.45, 2.75) is 11.3 Å². The molecule has 3 rings (SSSR count). The zero-order valence-electron chi connectivity index (χ0n) is 15.6. The van der Waals surface area contributed by atoms with Gasteiger partial charge in [-0.15, -0.1) is 0 Å². The van der Waals surface area contributed by atoms with E-state index in [9.17, 15) is 13.2 Å². The molecule has 0 atom stereocenters. The number of hydrogen-bond acceptors (Lipinski definition) is 5. The summed E-state index contributed by atoms with van der Waals surface area (Å²) in [7, 11) is -3.73. The maximum Gasteiger partial charge on any atom is 0.255 e. The van der Waals surface area contributed by atoms with Crippen LogP contribution in [0, 0.1) is 0 Å². The lowest BCUT2D eigenvalue weighted by Crippen LogP contribution is -2.26. The Morgan fingerprint density at radius 1 is 1.03 bits per heavy atom. The van der Waals surface area contributed by atoms with E-state index in [0.717, 1.165) is 5.56 Å². The number of halogens is 2. The monoisotopic (exact) mass is 464 g/mol. The van der Waals surface area contributed by atoms with Gasteiger partial charge in [0, 0.05) is 28.5 Å². The number of pyridine rings is 1. The number of carbonyl (C=O) groups is 1. The number of nitrogens with two attached hydrogens (primary N) is 1. The molecule has 0 fully saturated rings. The Labute approximate surface area is 184 Å². The fourth-order valence-electron chi connectivity index (χ4n) is 2.71. The largest absolute Gasteiger partial charge is 0.352 e. The maximum absolute atomic E-state index is 12.6. The number of nitrogens with one attached hydrogen (secondary N) is 2. The van der Waals surface area contributed by atoms with E-state index in [4.69, 9.17) is 28.3 Å². The molecular formula is C20H18Cl2N4O3S. The van der Waals surface area contributed by atoms with Crippen LogP contribution in [0.2, 0.25) is 10.0 Å². The second-order valence-corrected chi connectivity index (χ2v) is 8.81. The summed E-state index contributed by atoms with van der Waals surface area (Å²) in [6, 6.07) is 14.5. The Kier molecular flexibility index (Phi) is 6.94. The maximum atomic E-state index is 12.6. The third kappa shape index (κ3) is 5.93. The molecule has 0 saturated carbocycles. The van der Waals surface area contributed by atoms with Crippen LogP contribution in [-0.4, -0.2) is 25.9 Å². The molecule has 1 aromatic heterocycles. The lowest BCUT2D eigenvalue weighted by atomic mass is 10.1. The number of anilines is 2. The summed E-state index contributed by atoms with van der Waals surface area (Å²) in [4.78, 5) is 16.9. The van der Waals surface area contributed by atoms with Crippen molar-refractivity contribution < 1.29 is 13.2 Å². The standard InChI is InChI=1S/C20H18Cl2N4O3S/c21-14-10-15(22)12-16(11-14)26-19-18(2-1-8-24-19)20(27)25-9-7-13-3-5-17(6-4-13)30(23,28)29/h1-6,8,10-12H,7,9H2,(H,24,26)(H,25,27)(H2,23,28,29). The zero-order chi connectivity index (χ0) is 21.7. The van der Waals surface area contributed by atoms with E-state index in [0.29, 0.717) is 40.1 Å². The van der Waals surface area contributed by atoms with Crippen LogP contribution >= 0.6 is 23.2 Å². The summed E-state index contributed by atoms with van der Waals surface area (Å²) in [6.45, 7) is 0.352. The van der Waals surface area contributed by atoms with Crippen molar-refractivity contribution in [2.75, 3.05) is 11.9 Å². The van der Waals surface area contributed by atoms with Crippen LogP contribution in [0.1, 0.15) is 15.9 Å². The van der Waals surface area contributed by atoms with E-state index in [1.807, 2.05) is 0 Å². The molecule has 2 aromatic carbocycles. The molecule has 0 radical (unpaired) electrons. The summed E-state index contributed by atoms with van der Waals surface area (Å²) < 4.78 is 22.6. The first-order valence-electron chi connectivity index (χ1n) is 8.80. The SMILES string of the molecule is NS(=O)(=O)c1ccc(CCNC(=O)c2cccnc2Nc2cc(Cl)cc(Cl)c2)cc1. The Hall–Kier alpha value is -2.65. The molecule has 0 bridgehead atoms. The van der Waals surface area contributed by atoms with Gasteiger partial charge in [0.05, 0.1) is 10.5 Å². The van der Waals surface area contributed by atoms with E-state index in [1.54, 1.807) is 48.7 Å². The molecule has 30 heavy (non-hydrogen) atoms. The smallest absolute Gasteiger partial charge is 0.255 e. The van der Waals surface area contributed by atoms with E-state index in [2.05, 4.69) is 15.6 Å². The minimum atomic E-state index is -3.73. The molecule has 0 saturated heterocycles. The van der Waals surface area contributed by atoms with Crippen LogP contribution in [0.3, 0.4) is 0 Å². The number of primary sulfonamides is 1. The van der Waals surface area contributed by atoms with Crippen LogP contribution < -0.4 is 15.8 Å². The molecule has 0 unspecified atom stereocenters. The van der Waals surface area contributed by atoms with Gasteiger partial charge in [-0.1, -0.05) is 35.3 Å². The van der Waals surface area contributed by atoms with Crippen molar-refractivity contribution >= 4 is 50.6 Å². The molecule has 156 valence electrons. The van der Waals surface area contributed by atoms with Gasteiger partial charge in [0.2, 0.25) is 10.0 Å². The Morgan fingerprint density at radius 3 is 2.33 bits per heavy atom. The Bertz CT molecular complexity index is 1150. The number of sulfonamides is 1. The van der Waals surface area contributed by atoms with E-state index >= 15 is 0 Å². The number of amides is 1. The normalized spacial score (nSPS) is 11.2. The van der Waals surface area contributed by atoms with Crippen molar-refractivity contribution in [3.63, 3.8) is 0 Å². The molecule has 0 spiro atoms. The number of hydrogen-bond donors (Lipinski definition) is 3. The number of rotatable bonds is 7. The lowest BCUT2D eigenvalue weighted by molar-refractivity contribution is 0.0954. The highest BCUT2D eigenvalue weighted by atomic mass is 35.5. The molecule has 7 nitrogen and oxygen atoms in total. The first kappa shape index (κ1) is 22.0. The van der Waals surface area contributed by atoms with Gasteiger partial charge >= 0.3 is 0 Å². The highest BCUT2D eigenvalue weighted by molar-refractivity contribution is 7.89. The zero-order valence-corrected chi connectivity index (χ0v) is 17.9. The first-order chi connectivity index (χ1) is 14.2. The highest BCUT2D eigenvalue weighted by Gasteiger charge is 2.13. The van der Waals surface area contributed by atoms with Crippen LogP contribution in [-0.2, 0) is 16.4 Å². The minimum absolute atomic E-state index is 0.0440. The molecular weight excluding hydrogens is 447 g/mol. The Morgan fingerprint density at radius 2 is 1.70 bits per heavy atom. The summed E-state index contributed by atoms with van der Waals surface area (Å²) in [6.07, 6.45) is 2.09. The van der Waals surface area contributed by atoms with Crippen molar-refractivity contribution in [3.05, 3.63) is 82.0 Å². The van der Waals surface area contributed by atoms with Crippen molar-refractivity contribution in [2.24, 2.45) is 5.14 Å². The molecule has 0 aliphatic heterocycles. The van der Waals surface area contributed by atoms with Gasteiger partial charge in [0.1, 0.15) is 5.82 Å². The number of benzene rings is 2. The Balaban J connectivity index is 1.64. The quantitative estimate of drug-likeness (QED) is 0.492. The van der Waals surface area contributed by atoms with Gasteiger partial charge < -0.3 is 10.6 Å². The third-order valence-electron chi connectivity index (χ3n) is 4.13. The fraction of sp³-hybridized carbons (Fsp3) is 0.100. The van der Waals surface area contributed by atoms with Crippen LogP contribution in [0.4, 0.5) is 11.5 Å². The second kappa shape index (κ2) is 9.44. The molecule has 1 amide bonds. The second-order valence-electron chi connectivity index (χ2n) is 6.38. The van der Waals surface area contributed by atoms with E-state index < -0.39 is 10.0 Å². The molecule has 0 aliphatic rings. The molecule has 10 heteroatoms. The van der Waals surface area contributed by atoms with E-state index in [1.165, 1.54) is 12.1 Å². The van der Waals surface area contributed by atoms with Gasteiger partial charge in [-0.25, -0.2) is 18.5 Å². The first-order valence-corrected chi connectivity index (χ1v) is 11.1. The molecule has 1 heterocycles. The average molecular weight is 465 g/mol. The molecule has 0 aliphatic carbocycles. The van der Waals surface area contributed by atoms with Crippen LogP contribution in [0.25, 0.3) is 0 Å². The topological polar surface area (TPSA) is 114 Å². The number of nitrogens with zero attached hydrogens (tertiary/aromatic N) is 1. The van der Waals surface area contributed by atoms with Gasteiger partial charge in [-0.2, -0.15) is 0 Å². The van der Waals surface area contributed by atoms with Gasteiger partial charge in [0.15, 0.2) is 0 Å². The van der Waals surface area contributed by atoms with E-state index in [-0.39, 0.29) is 10.8 Å². The van der Waals surface area contributed by atoms with Crippen LogP contribution in [0.5, 0.6) is 0 Å². The minimum Gasteiger partial charge on any atom is -0.352 e. The highest BCUT2D eigenvalue weighted by Crippen LogP contribution is 2.25. The van der Waals surface area contributed by atoms with Gasteiger partial charge in [-0.05, 0) is 54.4 Å². The molecule has 4 N–H and O–H groups in total. The van der Waals surface area contributed by atoms with Crippen molar-refractivity contribution in [3.8, 4) is 0 Å². The average Bonchev–Trinajstić information content (AvgIpc) is 2.67. The predicted molar refractivity (Wildman–Crippen MR) is 118 cm³/mol. The number of carbonyl (C=O) groups excluding carboxylic acids is 1. The third-order valence-corrected chi connectivity index (χ3v) is 5.49. The summed E-state index contributed by atoms with van der Waals surface area (Å²) in [5.41, 5.74) is 1.83. The predicted octanol–water partition coefficient (Wildman–Crippen LogP) is 3.75.